The molecule has 0 N–H and O–H groups in total. The number of benzene rings is 5. The first-order chi connectivity index (χ1) is 25.6. The Morgan fingerprint density at radius 3 is 1.57 bits per heavy atom. The first-order valence-electron chi connectivity index (χ1n) is 17.5. The van der Waals surface area contributed by atoms with Crippen molar-refractivity contribution >= 4 is 0 Å². The van der Waals surface area contributed by atoms with Gasteiger partial charge in [0.15, 0.2) is 11.6 Å². The van der Waals surface area contributed by atoms with Crippen LogP contribution in [-0.2, 0) is 12.5 Å². The quantitative estimate of drug-likeness (QED) is 0.0736. The molecule has 12 heteroatoms. The van der Waals surface area contributed by atoms with Crippen LogP contribution in [0.25, 0.3) is 33.4 Å². The average molecular weight is 763 g/mol. The van der Waals surface area contributed by atoms with Crippen molar-refractivity contribution in [2.24, 2.45) is 0 Å². The van der Waals surface area contributed by atoms with Crippen LogP contribution in [0.4, 0.5) is 43.9 Å². The Balaban J connectivity index is 1.25. The molecule has 5 aromatic rings. The molecule has 0 aromatic heterocycles. The lowest BCUT2D eigenvalue weighted by Crippen LogP contribution is -2.25. The van der Waals surface area contributed by atoms with Gasteiger partial charge >= 0.3 is 12.5 Å². The monoisotopic (exact) mass is 762 g/mol. The molecule has 0 unspecified atom stereocenters. The van der Waals surface area contributed by atoms with Gasteiger partial charge in [-0.05, 0) is 83.1 Å². The Kier molecular flexibility index (Phi) is 13.0. The highest BCUT2D eigenvalue weighted by Crippen LogP contribution is 2.39. The number of ether oxygens (including phenoxy) is 2. The third-order valence-electron chi connectivity index (χ3n) is 8.87. The van der Waals surface area contributed by atoms with E-state index in [0.29, 0.717) is 35.9 Å². The predicted octanol–water partition coefficient (Wildman–Crippen LogP) is 14.1. The standard InChI is InChI=1S/C42H36F10O2/c1-2-3-4-5-6-7-8-9-10-26-11-13-27(14-12-26)28-15-18-33(34(43)21-28)30-23-37(46)40(38(47)24-30)41(48,49)53-31-17-19-32(35(44)25-31)29-16-20-39(36(45)22-29)54-42(50,51)52/h11-25H,2-10H2,1H3. The van der Waals surface area contributed by atoms with Gasteiger partial charge in [-0.25, -0.2) is 22.0 Å². The minimum absolute atomic E-state index is 0.245. The van der Waals surface area contributed by atoms with Crippen molar-refractivity contribution in [3.63, 3.8) is 0 Å². The Morgan fingerprint density at radius 1 is 0.463 bits per heavy atom. The lowest BCUT2D eigenvalue weighted by molar-refractivity contribution is -0.275. The molecule has 0 aliphatic carbocycles. The van der Waals surface area contributed by atoms with Crippen molar-refractivity contribution in [2.75, 3.05) is 0 Å². The molecule has 0 spiro atoms. The Morgan fingerprint density at radius 2 is 0.981 bits per heavy atom. The summed E-state index contributed by atoms with van der Waals surface area (Å²) in [5.74, 6) is -9.18. The molecule has 0 saturated carbocycles. The maximum absolute atomic E-state index is 15.3. The van der Waals surface area contributed by atoms with E-state index in [9.17, 15) is 22.0 Å². The molecular weight excluding hydrogens is 726 g/mol. The second-order valence-electron chi connectivity index (χ2n) is 12.9. The number of unbranched alkanes of at least 4 members (excludes halogenated alkanes) is 7. The van der Waals surface area contributed by atoms with Gasteiger partial charge in [0, 0.05) is 17.2 Å². The van der Waals surface area contributed by atoms with Crippen LogP contribution in [0.15, 0.2) is 91.0 Å². The van der Waals surface area contributed by atoms with E-state index in [-0.39, 0.29) is 16.7 Å². The Labute approximate surface area is 306 Å². The summed E-state index contributed by atoms with van der Waals surface area (Å²) in [7, 11) is 0. The fraction of sp³-hybridized carbons (Fsp3) is 0.286. The summed E-state index contributed by atoms with van der Waals surface area (Å²) in [6, 6.07) is 16.8. The van der Waals surface area contributed by atoms with E-state index in [1.165, 1.54) is 50.7 Å². The van der Waals surface area contributed by atoms with Crippen LogP contribution in [0.3, 0.4) is 0 Å². The summed E-state index contributed by atoms with van der Waals surface area (Å²) < 4.78 is 150. The minimum atomic E-state index is -5.18. The first kappa shape index (κ1) is 40.2. The topological polar surface area (TPSA) is 18.5 Å². The number of alkyl halides is 5. The summed E-state index contributed by atoms with van der Waals surface area (Å²) in [4.78, 5) is 0. The van der Waals surface area contributed by atoms with E-state index in [1.54, 1.807) is 6.07 Å². The van der Waals surface area contributed by atoms with E-state index in [1.807, 2.05) is 24.3 Å². The summed E-state index contributed by atoms with van der Waals surface area (Å²) in [6.07, 6.45) is 0.786. The maximum atomic E-state index is 15.3. The fourth-order valence-corrected chi connectivity index (χ4v) is 6.13. The molecule has 0 aliphatic rings. The van der Waals surface area contributed by atoms with Crippen LogP contribution in [0.5, 0.6) is 11.5 Å². The SMILES string of the molecule is CCCCCCCCCCc1ccc(-c2ccc(-c3cc(F)c(C(F)(F)Oc4ccc(-c5ccc(OC(F)(F)F)c(F)c5)c(F)c4)c(F)c3)c(F)c2)cc1. The Hall–Kier alpha value is -5.00. The second kappa shape index (κ2) is 17.4. The normalized spacial score (nSPS) is 11.9. The summed E-state index contributed by atoms with van der Waals surface area (Å²) in [5, 5.41) is 0. The van der Waals surface area contributed by atoms with Crippen LogP contribution < -0.4 is 9.47 Å². The minimum Gasteiger partial charge on any atom is -0.429 e. The van der Waals surface area contributed by atoms with Crippen molar-refractivity contribution in [3.8, 4) is 44.9 Å². The summed E-state index contributed by atoms with van der Waals surface area (Å²) in [5.41, 5.74) is -0.730. The molecule has 0 radical (unpaired) electrons. The van der Waals surface area contributed by atoms with E-state index in [0.717, 1.165) is 48.6 Å². The van der Waals surface area contributed by atoms with Gasteiger partial charge < -0.3 is 9.47 Å². The number of halogens is 10. The van der Waals surface area contributed by atoms with Gasteiger partial charge in [0.25, 0.3) is 0 Å². The lowest BCUT2D eigenvalue weighted by Gasteiger charge is -2.20. The zero-order valence-corrected chi connectivity index (χ0v) is 29.1. The highest BCUT2D eigenvalue weighted by Gasteiger charge is 2.41. The van der Waals surface area contributed by atoms with Gasteiger partial charge in [0.1, 0.15) is 34.6 Å². The third kappa shape index (κ3) is 10.4. The van der Waals surface area contributed by atoms with Gasteiger partial charge in [-0.3, -0.25) is 0 Å². The third-order valence-corrected chi connectivity index (χ3v) is 8.87. The van der Waals surface area contributed by atoms with Crippen molar-refractivity contribution in [3.05, 3.63) is 131 Å². The summed E-state index contributed by atoms with van der Waals surface area (Å²) >= 11 is 0. The average Bonchev–Trinajstić information content (AvgIpc) is 3.09. The molecule has 5 rings (SSSR count). The molecule has 0 amide bonds. The van der Waals surface area contributed by atoms with Crippen molar-refractivity contribution in [1.82, 2.24) is 0 Å². The molecule has 0 saturated heterocycles. The van der Waals surface area contributed by atoms with Crippen LogP contribution in [0.1, 0.15) is 69.4 Å². The second-order valence-corrected chi connectivity index (χ2v) is 12.9. The summed E-state index contributed by atoms with van der Waals surface area (Å²) in [6.45, 7) is 2.19. The lowest BCUT2D eigenvalue weighted by atomic mass is 9.97. The van der Waals surface area contributed by atoms with Crippen molar-refractivity contribution in [2.45, 2.75) is 77.2 Å². The van der Waals surface area contributed by atoms with E-state index >= 15 is 22.0 Å². The number of aryl methyl sites for hydroxylation is 1. The van der Waals surface area contributed by atoms with Gasteiger partial charge in [-0.15, -0.1) is 13.2 Å². The van der Waals surface area contributed by atoms with Crippen LogP contribution in [0, 0.1) is 29.1 Å². The van der Waals surface area contributed by atoms with Crippen LogP contribution in [-0.4, -0.2) is 6.36 Å². The molecular formula is C42H36F10O2. The van der Waals surface area contributed by atoms with E-state index < -0.39 is 64.2 Å². The van der Waals surface area contributed by atoms with Gasteiger partial charge in [-0.1, -0.05) is 94.3 Å². The van der Waals surface area contributed by atoms with Gasteiger partial charge in [0.2, 0.25) is 0 Å². The number of rotatable bonds is 16. The van der Waals surface area contributed by atoms with Crippen molar-refractivity contribution < 1.29 is 53.4 Å². The van der Waals surface area contributed by atoms with Crippen LogP contribution >= 0.6 is 0 Å². The largest absolute Gasteiger partial charge is 0.573 e. The van der Waals surface area contributed by atoms with Crippen molar-refractivity contribution in [1.29, 1.82) is 0 Å². The highest BCUT2D eigenvalue weighted by molar-refractivity contribution is 5.72. The predicted molar refractivity (Wildman–Crippen MR) is 187 cm³/mol. The molecule has 0 aliphatic heterocycles. The number of hydrogen-bond acceptors (Lipinski definition) is 2. The smallest absolute Gasteiger partial charge is 0.429 e. The molecule has 0 fully saturated rings. The fourth-order valence-electron chi connectivity index (χ4n) is 6.13. The Bertz CT molecular complexity index is 2020. The van der Waals surface area contributed by atoms with Crippen LogP contribution in [0.2, 0.25) is 0 Å². The molecule has 0 heterocycles. The van der Waals surface area contributed by atoms with E-state index in [4.69, 9.17) is 0 Å². The zero-order valence-electron chi connectivity index (χ0n) is 29.1. The van der Waals surface area contributed by atoms with Gasteiger partial charge in [0.05, 0.1) is 0 Å². The molecule has 54 heavy (non-hydrogen) atoms. The molecule has 286 valence electrons. The molecule has 2 nitrogen and oxygen atoms in total. The van der Waals surface area contributed by atoms with E-state index in [2.05, 4.69) is 16.4 Å². The zero-order chi connectivity index (χ0) is 39.0. The molecule has 5 aromatic carbocycles. The molecule has 0 bridgehead atoms. The van der Waals surface area contributed by atoms with Gasteiger partial charge in [-0.2, -0.15) is 8.78 Å². The molecule has 0 atom stereocenters. The number of hydrogen-bond donors (Lipinski definition) is 0. The highest BCUT2D eigenvalue weighted by atomic mass is 19.4. The maximum Gasteiger partial charge on any atom is 0.573 e. The first-order valence-corrected chi connectivity index (χ1v) is 17.5.